The molecule has 16 heteroatoms. The van der Waals surface area contributed by atoms with Gasteiger partial charge in [0.15, 0.2) is 17.2 Å². The minimum Gasteiger partial charge on any atom is -0.296 e. The SMILES string of the molecule is CC(C)n1c(=O)n(-c2c(F)cc(C#Cc3cccnc3)cc2F)c(=O)c2nn(C)cc21.Cc1cccc2c(=O)n(-c3c(F)cc(C#Cc4cccnc4)cc3Cl)c(=O)n(C)c12. The molecular weight excluding hydrogens is 809 g/mol. The lowest BCUT2D eigenvalue weighted by Crippen LogP contribution is -2.40. The first kappa shape index (κ1) is 41.4. The summed E-state index contributed by atoms with van der Waals surface area (Å²) in [5.41, 5.74) is -1.02. The Balaban J connectivity index is 0.000000184. The van der Waals surface area contributed by atoms with Gasteiger partial charge in [-0.1, -0.05) is 47.4 Å². The van der Waals surface area contributed by atoms with Gasteiger partial charge in [0.05, 0.1) is 21.4 Å². The van der Waals surface area contributed by atoms with E-state index in [4.69, 9.17) is 11.6 Å². The number of aryl methyl sites for hydroxylation is 3. The van der Waals surface area contributed by atoms with Gasteiger partial charge in [-0.3, -0.25) is 33.4 Å². The molecule has 0 aliphatic rings. The topological polar surface area (TPSA) is 132 Å². The Morgan fingerprint density at radius 2 is 1.21 bits per heavy atom. The third-order valence-electron chi connectivity index (χ3n) is 9.38. The number of para-hydroxylation sites is 1. The van der Waals surface area contributed by atoms with Crippen LogP contribution >= 0.6 is 11.6 Å². The number of halogens is 4. The predicted octanol–water partition coefficient (Wildman–Crippen LogP) is 6.12. The molecule has 8 rings (SSSR count). The van der Waals surface area contributed by atoms with Gasteiger partial charge in [0.2, 0.25) is 0 Å². The Bertz CT molecular complexity index is 3380. The molecular formula is C45H32ClF3N8O4. The highest BCUT2D eigenvalue weighted by Crippen LogP contribution is 2.25. The van der Waals surface area contributed by atoms with Crippen LogP contribution in [0.4, 0.5) is 13.2 Å². The molecule has 0 aliphatic carbocycles. The summed E-state index contributed by atoms with van der Waals surface area (Å²) in [5.74, 6) is 8.11. The fourth-order valence-electron chi connectivity index (χ4n) is 6.70. The quantitative estimate of drug-likeness (QED) is 0.196. The van der Waals surface area contributed by atoms with Crippen molar-refractivity contribution in [3.8, 4) is 35.1 Å². The first-order valence-corrected chi connectivity index (χ1v) is 18.8. The number of benzene rings is 3. The van der Waals surface area contributed by atoms with Crippen molar-refractivity contribution in [2.45, 2.75) is 26.8 Å². The second-order valence-corrected chi connectivity index (χ2v) is 14.3. The zero-order chi connectivity index (χ0) is 43.7. The number of pyridine rings is 2. The molecule has 0 saturated carbocycles. The van der Waals surface area contributed by atoms with E-state index in [2.05, 4.69) is 38.7 Å². The maximum Gasteiger partial charge on any atom is 0.336 e. The van der Waals surface area contributed by atoms with Crippen LogP contribution in [0.25, 0.3) is 33.3 Å². The Labute approximate surface area is 349 Å². The van der Waals surface area contributed by atoms with E-state index in [1.54, 1.807) is 88.9 Å². The smallest absolute Gasteiger partial charge is 0.296 e. The fourth-order valence-corrected chi connectivity index (χ4v) is 6.99. The zero-order valence-electron chi connectivity index (χ0n) is 33.0. The minimum absolute atomic E-state index is 0.0544. The fraction of sp³-hybridized carbons (Fsp3) is 0.133. The largest absolute Gasteiger partial charge is 0.336 e. The van der Waals surface area contributed by atoms with Gasteiger partial charge in [-0.05, 0) is 80.9 Å². The molecule has 0 spiro atoms. The van der Waals surface area contributed by atoms with Crippen LogP contribution < -0.4 is 22.5 Å². The zero-order valence-corrected chi connectivity index (χ0v) is 33.8. The summed E-state index contributed by atoms with van der Waals surface area (Å²) in [6.07, 6.45) is 7.83. The average Bonchev–Trinajstić information content (AvgIpc) is 3.62. The molecule has 0 unspecified atom stereocenters. The summed E-state index contributed by atoms with van der Waals surface area (Å²) >= 11 is 6.30. The van der Waals surface area contributed by atoms with E-state index in [1.807, 2.05) is 0 Å². The maximum absolute atomic E-state index is 15.0. The van der Waals surface area contributed by atoms with Gasteiger partial charge < -0.3 is 0 Å². The molecule has 61 heavy (non-hydrogen) atoms. The normalized spacial score (nSPS) is 10.9. The van der Waals surface area contributed by atoms with Crippen LogP contribution in [0.15, 0.2) is 117 Å². The second-order valence-electron chi connectivity index (χ2n) is 13.9. The van der Waals surface area contributed by atoms with Gasteiger partial charge in [0.1, 0.15) is 17.2 Å². The lowest BCUT2D eigenvalue weighted by atomic mass is 10.1. The first-order chi connectivity index (χ1) is 29.2. The van der Waals surface area contributed by atoms with Crippen LogP contribution in [-0.2, 0) is 14.1 Å². The minimum atomic E-state index is -1.08. The summed E-state index contributed by atoms with van der Waals surface area (Å²) in [4.78, 5) is 59.9. The molecule has 12 nitrogen and oxygen atoms in total. The third kappa shape index (κ3) is 8.02. The van der Waals surface area contributed by atoms with E-state index >= 15 is 4.39 Å². The Morgan fingerprint density at radius 3 is 1.75 bits per heavy atom. The molecule has 0 bridgehead atoms. The van der Waals surface area contributed by atoms with Gasteiger partial charge in [0.25, 0.3) is 11.1 Å². The Kier molecular flexibility index (Phi) is 11.4. The van der Waals surface area contributed by atoms with Crippen LogP contribution in [0.5, 0.6) is 0 Å². The lowest BCUT2D eigenvalue weighted by Gasteiger charge is -2.15. The van der Waals surface area contributed by atoms with Crippen LogP contribution in [0.1, 0.15) is 47.7 Å². The third-order valence-corrected chi connectivity index (χ3v) is 9.67. The van der Waals surface area contributed by atoms with Gasteiger partial charge >= 0.3 is 11.4 Å². The molecule has 5 heterocycles. The highest BCUT2D eigenvalue weighted by molar-refractivity contribution is 6.32. The van der Waals surface area contributed by atoms with Gasteiger partial charge in [-0.15, -0.1) is 0 Å². The summed E-state index contributed by atoms with van der Waals surface area (Å²) in [7, 11) is 3.13. The number of fused-ring (bicyclic) bond motifs is 2. The average molecular weight is 841 g/mol. The van der Waals surface area contributed by atoms with Gasteiger partial charge in [-0.2, -0.15) is 5.10 Å². The van der Waals surface area contributed by atoms with E-state index in [1.165, 1.54) is 39.3 Å². The van der Waals surface area contributed by atoms with Gasteiger partial charge in [0, 0.05) is 73.4 Å². The summed E-state index contributed by atoms with van der Waals surface area (Å²) in [6, 6.07) is 16.2. The summed E-state index contributed by atoms with van der Waals surface area (Å²) < 4.78 is 50.2. The first-order valence-electron chi connectivity index (χ1n) is 18.4. The molecule has 5 aromatic heterocycles. The van der Waals surface area contributed by atoms with E-state index in [0.717, 1.165) is 28.3 Å². The molecule has 0 saturated heterocycles. The van der Waals surface area contributed by atoms with Crippen molar-refractivity contribution in [2.75, 3.05) is 0 Å². The standard InChI is InChI=1S/C23H15ClFN3O2.C22H17F2N5O2/c1-14-5-3-7-17-20(14)27(2)23(30)28(22(17)29)21-18(24)11-16(12-19(21)25)9-8-15-6-4-10-26-13-15;1-13(2)28-18-12-27(3)26-19(18)21(30)29(22(28)31)20-16(23)9-15(10-17(20)24)7-6-14-5-4-8-25-11-14/h3-7,10-13H,1-2H3;4-5,8-13H,1-3H3. The van der Waals surface area contributed by atoms with Crippen molar-refractivity contribution in [2.24, 2.45) is 14.1 Å². The van der Waals surface area contributed by atoms with Gasteiger partial charge in [-0.25, -0.2) is 31.9 Å². The number of rotatable bonds is 3. The second kappa shape index (κ2) is 16.8. The van der Waals surface area contributed by atoms with E-state index in [0.29, 0.717) is 37.7 Å². The lowest BCUT2D eigenvalue weighted by molar-refractivity contribution is 0.536. The number of hydrogen-bond acceptors (Lipinski definition) is 7. The molecule has 0 fully saturated rings. The van der Waals surface area contributed by atoms with E-state index in [-0.39, 0.29) is 27.8 Å². The molecule has 8 aromatic rings. The van der Waals surface area contributed by atoms with Crippen molar-refractivity contribution in [3.05, 3.63) is 190 Å². The van der Waals surface area contributed by atoms with Crippen LogP contribution in [-0.4, -0.2) is 38.0 Å². The number of aromatic nitrogens is 8. The highest BCUT2D eigenvalue weighted by atomic mass is 35.5. The van der Waals surface area contributed by atoms with Crippen LogP contribution in [0.3, 0.4) is 0 Å². The Morgan fingerprint density at radius 1 is 0.672 bits per heavy atom. The van der Waals surface area contributed by atoms with Crippen LogP contribution in [0.2, 0.25) is 5.02 Å². The Hall–Kier alpha value is -7.75. The molecule has 0 radical (unpaired) electrons. The van der Waals surface area contributed by atoms with Crippen molar-refractivity contribution in [3.63, 3.8) is 0 Å². The van der Waals surface area contributed by atoms with Crippen molar-refractivity contribution in [1.29, 1.82) is 0 Å². The van der Waals surface area contributed by atoms with E-state index < -0.39 is 45.6 Å². The monoisotopic (exact) mass is 840 g/mol. The van der Waals surface area contributed by atoms with E-state index in [9.17, 15) is 28.0 Å². The number of hydrogen-bond donors (Lipinski definition) is 0. The summed E-state index contributed by atoms with van der Waals surface area (Å²) in [6.45, 7) is 5.26. The molecule has 3 aromatic carbocycles. The maximum atomic E-state index is 15.0. The molecule has 0 amide bonds. The predicted molar refractivity (Wildman–Crippen MR) is 226 cm³/mol. The summed E-state index contributed by atoms with van der Waals surface area (Å²) in [5, 5.41) is 4.29. The van der Waals surface area contributed by atoms with Crippen molar-refractivity contribution < 1.29 is 13.2 Å². The molecule has 0 N–H and O–H groups in total. The number of nitrogens with zero attached hydrogens (tertiary/aromatic N) is 8. The molecule has 0 aliphatic heterocycles. The highest BCUT2D eigenvalue weighted by Gasteiger charge is 2.24. The van der Waals surface area contributed by atoms with Crippen molar-refractivity contribution >= 4 is 33.5 Å². The van der Waals surface area contributed by atoms with Crippen LogP contribution in [0, 0.1) is 48.1 Å². The molecule has 304 valence electrons. The van der Waals surface area contributed by atoms with Crippen molar-refractivity contribution in [1.82, 2.24) is 38.0 Å². The molecule has 0 atom stereocenters.